The molecule has 10 aromatic rings. The molecule has 0 unspecified atom stereocenters. The van der Waals surface area contributed by atoms with E-state index in [4.69, 9.17) is 14.7 Å². The van der Waals surface area contributed by atoms with Gasteiger partial charge in [-0.15, -0.1) is 0 Å². The van der Waals surface area contributed by atoms with E-state index in [-0.39, 0.29) is 0 Å². The second-order valence-corrected chi connectivity index (χ2v) is 14.8. The lowest BCUT2D eigenvalue weighted by Gasteiger charge is -2.41. The number of hydrogen-bond donors (Lipinski definition) is 0. The molecule has 0 bridgehead atoms. The van der Waals surface area contributed by atoms with Gasteiger partial charge in [-0.25, -0.2) is 9.97 Å². The van der Waals surface area contributed by atoms with Gasteiger partial charge in [0.2, 0.25) is 0 Å². The highest BCUT2D eigenvalue weighted by atomic mass is 16.5. The Bertz CT molecular complexity index is 3140. The van der Waals surface area contributed by atoms with E-state index in [1.165, 1.54) is 27.8 Å². The molecule has 1 aromatic heterocycles. The summed E-state index contributed by atoms with van der Waals surface area (Å²) in [4.78, 5) is 10.1. The summed E-state index contributed by atoms with van der Waals surface area (Å²) in [5.74, 6) is 2.56. The van der Waals surface area contributed by atoms with E-state index in [2.05, 4.69) is 170 Å². The van der Waals surface area contributed by atoms with Gasteiger partial charge in [-0.05, 0) is 50.2 Å². The third-order valence-corrected chi connectivity index (χ3v) is 11.9. The van der Waals surface area contributed by atoms with Gasteiger partial charge in [-0.1, -0.05) is 188 Å². The van der Waals surface area contributed by atoms with Crippen LogP contribution in [0.5, 0.6) is 11.5 Å². The molecule has 0 N–H and O–H groups in total. The summed E-state index contributed by atoms with van der Waals surface area (Å²) in [7, 11) is 0. The molecule has 1 aliphatic carbocycles. The molecule has 0 fully saturated rings. The maximum atomic E-state index is 7.20. The van der Waals surface area contributed by atoms with E-state index in [0.717, 1.165) is 83.3 Å². The molecule has 260 valence electrons. The summed E-state index contributed by atoms with van der Waals surface area (Å²) in [5, 5.41) is 5.58. The van der Waals surface area contributed by atoms with Crippen LogP contribution < -0.4 is 4.74 Å². The molecule has 9 aromatic carbocycles. The molecule has 0 saturated heterocycles. The first kappa shape index (κ1) is 31.0. The van der Waals surface area contributed by atoms with Crippen molar-refractivity contribution in [2.75, 3.05) is 0 Å². The first-order valence-electron chi connectivity index (χ1n) is 19.2. The van der Waals surface area contributed by atoms with Crippen LogP contribution in [0, 0.1) is 0 Å². The molecule has 2 aliphatic rings. The van der Waals surface area contributed by atoms with E-state index >= 15 is 0 Å². The van der Waals surface area contributed by atoms with Crippen molar-refractivity contribution in [3.05, 3.63) is 216 Å². The number of fused-ring (bicyclic) bond motifs is 14. The van der Waals surface area contributed by atoms with Crippen LogP contribution in [0.4, 0.5) is 0 Å². The van der Waals surface area contributed by atoms with Crippen LogP contribution in [0.1, 0.15) is 22.3 Å². The fraction of sp³-hybridized carbons (Fsp3) is 0.0189. The lowest BCUT2D eigenvalue weighted by molar-refractivity contribution is 0.447. The van der Waals surface area contributed by atoms with E-state index in [0.29, 0.717) is 0 Å². The number of hydrogen-bond acceptors (Lipinski definition) is 3. The molecule has 3 nitrogen and oxygen atoms in total. The predicted molar refractivity (Wildman–Crippen MR) is 228 cm³/mol. The number of para-hydroxylation sites is 1. The summed E-state index contributed by atoms with van der Waals surface area (Å²) >= 11 is 0. The Hall–Kier alpha value is -7.36. The molecule has 0 amide bonds. The molecule has 3 heteroatoms. The topological polar surface area (TPSA) is 35.0 Å². The Balaban J connectivity index is 1.12. The Morgan fingerprint density at radius 2 is 0.929 bits per heavy atom. The molecule has 1 aliphatic heterocycles. The summed E-state index contributed by atoms with van der Waals surface area (Å²) < 4.78 is 7.20. The van der Waals surface area contributed by atoms with Crippen molar-refractivity contribution in [3.63, 3.8) is 0 Å². The van der Waals surface area contributed by atoms with Crippen LogP contribution in [0.2, 0.25) is 0 Å². The highest BCUT2D eigenvalue weighted by Crippen LogP contribution is 2.65. The zero-order valence-corrected chi connectivity index (χ0v) is 30.3. The van der Waals surface area contributed by atoms with Gasteiger partial charge < -0.3 is 4.74 Å². The fourth-order valence-corrected chi connectivity index (χ4v) is 9.52. The smallest absolute Gasteiger partial charge is 0.160 e. The summed E-state index contributed by atoms with van der Waals surface area (Å²) in [6, 6.07) is 69.6. The third kappa shape index (κ3) is 4.28. The van der Waals surface area contributed by atoms with Gasteiger partial charge in [0.05, 0.1) is 16.6 Å². The maximum absolute atomic E-state index is 7.20. The summed E-state index contributed by atoms with van der Waals surface area (Å²) in [6.07, 6.45) is 0. The lowest BCUT2D eigenvalue weighted by atomic mass is 9.64. The summed E-state index contributed by atoms with van der Waals surface area (Å²) in [5.41, 5.74) is 13.0. The molecule has 12 rings (SSSR count). The quantitative estimate of drug-likeness (QED) is 0.183. The van der Waals surface area contributed by atoms with Crippen molar-refractivity contribution >= 4 is 32.4 Å². The van der Waals surface area contributed by atoms with Crippen LogP contribution in [-0.4, -0.2) is 9.97 Å². The minimum absolute atomic E-state index is 0.633. The van der Waals surface area contributed by atoms with Gasteiger partial charge in [0.15, 0.2) is 5.82 Å². The molecular weight excluding hydrogens is 681 g/mol. The number of rotatable bonds is 3. The van der Waals surface area contributed by atoms with Gasteiger partial charge in [-0.3, -0.25) is 0 Å². The lowest BCUT2D eigenvalue weighted by Crippen LogP contribution is -2.33. The monoisotopic (exact) mass is 712 g/mol. The van der Waals surface area contributed by atoms with E-state index in [9.17, 15) is 0 Å². The normalized spacial score (nSPS) is 13.3. The number of benzene rings is 9. The highest BCUT2D eigenvalue weighted by molar-refractivity contribution is 6.02. The largest absolute Gasteiger partial charge is 0.455 e. The average molecular weight is 713 g/mol. The highest BCUT2D eigenvalue weighted by Gasteiger charge is 2.53. The Kier molecular flexibility index (Phi) is 6.55. The van der Waals surface area contributed by atoms with E-state index in [1.54, 1.807) is 0 Å². The van der Waals surface area contributed by atoms with Crippen molar-refractivity contribution in [2.24, 2.45) is 0 Å². The second-order valence-electron chi connectivity index (χ2n) is 14.8. The minimum atomic E-state index is -0.633. The standard InChI is InChI=1S/C53H32N2O/c1-2-15-37(16-3-1)52-54-47-24-11-9-20-43(47)49(55-52)36-27-25-35(26-28-36)38-21-12-22-42-41-19-8-10-23-44(41)53(48(38)42)45-31-29-33-13-4-6-17-39(33)50(45)56-51-40-18-7-5-14-34(40)30-32-46(51)53/h1-32H. The van der Waals surface area contributed by atoms with E-state index < -0.39 is 5.41 Å². The van der Waals surface area contributed by atoms with Crippen molar-refractivity contribution in [3.8, 4) is 56.4 Å². The Morgan fingerprint density at radius 1 is 0.357 bits per heavy atom. The molecule has 0 atom stereocenters. The zero-order chi connectivity index (χ0) is 36.8. The Labute approximate surface area is 324 Å². The number of aromatic nitrogens is 2. The van der Waals surface area contributed by atoms with Crippen molar-refractivity contribution < 1.29 is 4.74 Å². The number of ether oxygens (including phenoxy) is 1. The molecule has 56 heavy (non-hydrogen) atoms. The zero-order valence-electron chi connectivity index (χ0n) is 30.3. The fourth-order valence-electron chi connectivity index (χ4n) is 9.52. The van der Waals surface area contributed by atoms with Crippen LogP contribution in [-0.2, 0) is 5.41 Å². The minimum Gasteiger partial charge on any atom is -0.455 e. The van der Waals surface area contributed by atoms with E-state index in [1.807, 2.05) is 24.3 Å². The van der Waals surface area contributed by atoms with Crippen LogP contribution in [0.3, 0.4) is 0 Å². The van der Waals surface area contributed by atoms with Gasteiger partial charge in [0, 0.05) is 38.4 Å². The first-order chi connectivity index (χ1) is 27.8. The summed E-state index contributed by atoms with van der Waals surface area (Å²) in [6.45, 7) is 0. The van der Waals surface area contributed by atoms with Crippen LogP contribution in [0.25, 0.3) is 77.3 Å². The van der Waals surface area contributed by atoms with Crippen molar-refractivity contribution in [2.45, 2.75) is 5.41 Å². The third-order valence-electron chi connectivity index (χ3n) is 11.9. The van der Waals surface area contributed by atoms with Gasteiger partial charge in [0.25, 0.3) is 0 Å². The van der Waals surface area contributed by atoms with Gasteiger partial charge in [0.1, 0.15) is 11.5 Å². The van der Waals surface area contributed by atoms with Crippen molar-refractivity contribution in [1.82, 2.24) is 9.97 Å². The molecular formula is C53H32N2O. The second kappa shape index (κ2) is 11.8. The average Bonchev–Trinajstić information content (AvgIpc) is 3.57. The SMILES string of the molecule is c1ccc(-c2nc(-c3ccc(-c4cccc5c4C4(c6ccccc6-5)c5ccc6ccccc6c5Oc5c4ccc4ccccc54)cc3)c3ccccc3n2)cc1. The first-order valence-corrected chi connectivity index (χ1v) is 19.2. The van der Waals surface area contributed by atoms with Gasteiger partial charge >= 0.3 is 0 Å². The molecule has 2 heterocycles. The molecule has 1 spiro atoms. The molecule has 0 saturated carbocycles. The predicted octanol–water partition coefficient (Wildman–Crippen LogP) is 13.4. The molecule has 0 radical (unpaired) electrons. The van der Waals surface area contributed by atoms with Crippen molar-refractivity contribution in [1.29, 1.82) is 0 Å². The Morgan fingerprint density at radius 3 is 1.66 bits per heavy atom. The van der Waals surface area contributed by atoms with Crippen LogP contribution >= 0.6 is 0 Å². The number of nitrogens with zero attached hydrogens (tertiary/aromatic N) is 2. The maximum Gasteiger partial charge on any atom is 0.160 e. The van der Waals surface area contributed by atoms with Gasteiger partial charge in [-0.2, -0.15) is 0 Å². The van der Waals surface area contributed by atoms with Crippen LogP contribution in [0.15, 0.2) is 194 Å².